The predicted octanol–water partition coefficient (Wildman–Crippen LogP) is 1.77. The molecule has 1 aromatic carbocycles. The van der Waals surface area contributed by atoms with Crippen molar-refractivity contribution in [3.8, 4) is 0 Å². The van der Waals surface area contributed by atoms with E-state index in [0.29, 0.717) is 0 Å². The number of likely N-dealkylation sites (N-methyl/N-ethyl adjacent to an activating group) is 1. The molecule has 2 aromatic rings. The molecule has 0 bridgehead atoms. The summed E-state index contributed by atoms with van der Waals surface area (Å²) >= 11 is 0. The maximum Gasteiger partial charge on any atom is 0.159 e. The van der Waals surface area contributed by atoms with E-state index in [1.807, 2.05) is 12.3 Å². The van der Waals surface area contributed by atoms with E-state index in [1.54, 1.807) is 0 Å². The Morgan fingerprint density at radius 3 is 2.67 bits per heavy atom. The third kappa shape index (κ3) is 2.04. The SMILES string of the molecule is CCN1CCN(c2nncc3ccccc23)CC1. The molecular formula is C14H18N4. The van der Waals surface area contributed by atoms with Gasteiger partial charge in [-0.25, -0.2) is 0 Å². The minimum absolute atomic E-state index is 1.03. The molecule has 4 nitrogen and oxygen atoms in total. The fourth-order valence-corrected chi connectivity index (χ4v) is 2.52. The Balaban J connectivity index is 1.91. The Bertz CT molecular complexity index is 527. The standard InChI is InChI=1S/C14H18N4/c1-2-17-7-9-18(10-8-17)14-13-6-4-3-5-12(13)11-15-16-14/h3-6,11H,2,7-10H2,1H3. The van der Waals surface area contributed by atoms with Gasteiger partial charge in [0.15, 0.2) is 5.82 Å². The lowest BCUT2D eigenvalue weighted by molar-refractivity contribution is 0.270. The molecule has 3 rings (SSSR count). The molecule has 2 heterocycles. The summed E-state index contributed by atoms with van der Waals surface area (Å²) in [5.74, 6) is 1.03. The van der Waals surface area contributed by atoms with E-state index >= 15 is 0 Å². The van der Waals surface area contributed by atoms with Crippen molar-refractivity contribution in [1.29, 1.82) is 0 Å². The molecule has 1 aliphatic rings. The summed E-state index contributed by atoms with van der Waals surface area (Å²) in [5, 5.41) is 10.8. The van der Waals surface area contributed by atoms with E-state index in [9.17, 15) is 0 Å². The number of rotatable bonds is 2. The normalized spacial score (nSPS) is 17.3. The van der Waals surface area contributed by atoms with Crippen molar-refractivity contribution in [2.45, 2.75) is 6.92 Å². The average molecular weight is 242 g/mol. The van der Waals surface area contributed by atoms with Crippen LogP contribution in [0.3, 0.4) is 0 Å². The van der Waals surface area contributed by atoms with Gasteiger partial charge >= 0.3 is 0 Å². The Hall–Kier alpha value is -1.68. The summed E-state index contributed by atoms with van der Waals surface area (Å²) in [6, 6.07) is 8.33. The highest BCUT2D eigenvalue weighted by atomic mass is 15.3. The highest BCUT2D eigenvalue weighted by Gasteiger charge is 2.18. The first-order valence-corrected chi connectivity index (χ1v) is 6.56. The van der Waals surface area contributed by atoms with Gasteiger partial charge < -0.3 is 9.80 Å². The van der Waals surface area contributed by atoms with E-state index < -0.39 is 0 Å². The molecule has 1 aromatic heterocycles. The lowest BCUT2D eigenvalue weighted by atomic mass is 10.1. The van der Waals surface area contributed by atoms with Gasteiger partial charge in [0, 0.05) is 37.0 Å². The Labute approximate surface area is 107 Å². The number of aromatic nitrogens is 2. The first-order chi connectivity index (χ1) is 8.88. The fourth-order valence-electron chi connectivity index (χ4n) is 2.52. The van der Waals surface area contributed by atoms with Crippen LogP contribution in [0.4, 0.5) is 5.82 Å². The van der Waals surface area contributed by atoms with Crippen LogP contribution >= 0.6 is 0 Å². The topological polar surface area (TPSA) is 32.3 Å². The van der Waals surface area contributed by atoms with Crippen molar-refractivity contribution < 1.29 is 0 Å². The molecule has 94 valence electrons. The van der Waals surface area contributed by atoms with E-state index in [1.165, 1.54) is 10.8 Å². The van der Waals surface area contributed by atoms with Gasteiger partial charge in [0.25, 0.3) is 0 Å². The first-order valence-electron chi connectivity index (χ1n) is 6.56. The number of fused-ring (bicyclic) bond motifs is 1. The molecule has 0 saturated carbocycles. The lowest BCUT2D eigenvalue weighted by Crippen LogP contribution is -2.46. The number of anilines is 1. The Morgan fingerprint density at radius 1 is 1.11 bits per heavy atom. The van der Waals surface area contributed by atoms with Gasteiger partial charge in [-0.05, 0) is 6.54 Å². The van der Waals surface area contributed by atoms with Crippen LogP contribution in [-0.2, 0) is 0 Å². The van der Waals surface area contributed by atoms with E-state index in [4.69, 9.17) is 0 Å². The second-order valence-corrected chi connectivity index (χ2v) is 4.68. The summed E-state index contributed by atoms with van der Waals surface area (Å²) in [6.07, 6.45) is 1.83. The van der Waals surface area contributed by atoms with Crippen molar-refractivity contribution in [3.05, 3.63) is 30.5 Å². The molecule has 18 heavy (non-hydrogen) atoms. The van der Waals surface area contributed by atoms with Crippen molar-refractivity contribution in [3.63, 3.8) is 0 Å². The number of hydrogen-bond donors (Lipinski definition) is 0. The van der Waals surface area contributed by atoms with Crippen LogP contribution in [0.15, 0.2) is 30.5 Å². The second-order valence-electron chi connectivity index (χ2n) is 4.68. The van der Waals surface area contributed by atoms with Gasteiger partial charge in [-0.1, -0.05) is 31.2 Å². The van der Waals surface area contributed by atoms with Gasteiger partial charge in [-0.2, -0.15) is 5.10 Å². The zero-order chi connectivity index (χ0) is 12.4. The summed E-state index contributed by atoms with van der Waals surface area (Å²) in [5.41, 5.74) is 0. The largest absolute Gasteiger partial charge is 0.352 e. The summed E-state index contributed by atoms with van der Waals surface area (Å²) in [4.78, 5) is 4.82. The number of benzene rings is 1. The van der Waals surface area contributed by atoms with Crippen molar-refractivity contribution >= 4 is 16.6 Å². The van der Waals surface area contributed by atoms with Gasteiger partial charge in [0.2, 0.25) is 0 Å². The zero-order valence-corrected chi connectivity index (χ0v) is 10.7. The Kier molecular flexibility index (Phi) is 3.11. The van der Waals surface area contributed by atoms with E-state index in [-0.39, 0.29) is 0 Å². The molecular weight excluding hydrogens is 224 g/mol. The predicted molar refractivity (Wildman–Crippen MR) is 73.9 cm³/mol. The van der Waals surface area contributed by atoms with Crippen LogP contribution in [0.25, 0.3) is 10.8 Å². The first kappa shape index (κ1) is 11.4. The second kappa shape index (κ2) is 4.90. The van der Waals surface area contributed by atoms with Crippen molar-refractivity contribution in [2.24, 2.45) is 0 Å². The smallest absolute Gasteiger partial charge is 0.159 e. The quantitative estimate of drug-likeness (QED) is 0.803. The van der Waals surface area contributed by atoms with Crippen LogP contribution in [0.2, 0.25) is 0 Å². The fraction of sp³-hybridized carbons (Fsp3) is 0.429. The third-order valence-electron chi connectivity index (χ3n) is 3.67. The average Bonchev–Trinajstić information content (AvgIpc) is 2.47. The molecule has 0 unspecified atom stereocenters. The van der Waals surface area contributed by atoms with Gasteiger partial charge in [0.05, 0.1) is 6.20 Å². The number of piperazine rings is 1. The molecule has 0 spiro atoms. The zero-order valence-electron chi connectivity index (χ0n) is 10.7. The van der Waals surface area contributed by atoms with Crippen LogP contribution < -0.4 is 4.90 Å². The Morgan fingerprint density at radius 2 is 1.89 bits per heavy atom. The summed E-state index contributed by atoms with van der Waals surface area (Å²) < 4.78 is 0. The number of nitrogens with zero attached hydrogens (tertiary/aromatic N) is 4. The summed E-state index contributed by atoms with van der Waals surface area (Å²) in [6.45, 7) is 7.65. The molecule has 0 atom stereocenters. The van der Waals surface area contributed by atoms with Crippen LogP contribution in [0, 0.1) is 0 Å². The maximum atomic E-state index is 4.34. The van der Waals surface area contributed by atoms with Gasteiger partial charge in [0.1, 0.15) is 0 Å². The molecule has 0 amide bonds. The number of hydrogen-bond acceptors (Lipinski definition) is 4. The molecule has 1 aliphatic heterocycles. The lowest BCUT2D eigenvalue weighted by Gasteiger charge is -2.34. The van der Waals surface area contributed by atoms with Crippen LogP contribution in [0.1, 0.15) is 6.92 Å². The van der Waals surface area contributed by atoms with Crippen LogP contribution in [-0.4, -0.2) is 47.8 Å². The maximum absolute atomic E-state index is 4.34. The molecule has 0 radical (unpaired) electrons. The van der Waals surface area contributed by atoms with E-state index in [0.717, 1.165) is 38.5 Å². The minimum Gasteiger partial charge on any atom is -0.352 e. The third-order valence-corrected chi connectivity index (χ3v) is 3.67. The highest BCUT2D eigenvalue weighted by Crippen LogP contribution is 2.23. The molecule has 4 heteroatoms. The summed E-state index contributed by atoms with van der Waals surface area (Å²) in [7, 11) is 0. The molecule has 0 aliphatic carbocycles. The molecule has 1 fully saturated rings. The molecule has 1 saturated heterocycles. The minimum atomic E-state index is 1.03. The van der Waals surface area contributed by atoms with Crippen molar-refractivity contribution in [1.82, 2.24) is 15.1 Å². The highest BCUT2D eigenvalue weighted by molar-refractivity contribution is 5.91. The van der Waals surface area contributed by atoms with Gasteiger partial charge in [-0.15, -0.1) is 5.10 Å². The molecule has 0 N–H and O–H groups in total. The van der Waals surface area contributed by atoms with Crippen molar-refractivity contribution in [2.75, 3.05) is 37.6 Å². The van der Waals surface area contributed by atoms with Gasteiger partial charge in [-0.3, -0.25) is 0 Å². The monoisotopic (exact) mass is 242 g/mol. The van der Waals surface area contributed by atoms with Crippen LogP contribution in [0.5, 0.6) is 0 Å². The van der Waals surface area contributed by atoms with E-state index in [2.05, 4.69) is 45.1 Å².